The Morgan fingerprint density at radius 3 is 2.36 bits per heavy atom. The van der Waals surface area contributed by atoms with Gasteiger partial charge in [0.1, 0.15) is 0 Å². The van der Waals surface area contributed by atoms with Crippen LogP contribution in [0, 0.1) is 35.5 Å². The number of hydrogen-bond acceptors (Lipinski definition) is 0. The van der Waals surface area contributed by atoms with Crippen LogP contribution in [0.5, 0.6) is 0 Å². The predicted octanol–water partition coefficient (Wildman–Crippen LogP) is 6.76. The van der Waals surface area contributed by atoms with Gasteiger partial charge in [-0.3, -0.25) is 0 Å². The molecule has 0 nitrogen and oxygen atoms in total. The number of fused-ring (bicyclic) bond motifs is 2. The second-order valence-corrected chi connectivity index (χ2v) is 8.99. The van der Waals surface area contributed by atoms with Crippen LogP contribution in [-0.2, 0) is 0 Å². The van der Waals surface area contributed by atoms with Gasteiger partial charge in [0.2, 0.25) is 0 Å². The summed E-state index contributed by atoms with van der Waals surface area (Å²) < 4.78 is 0. The maximum Gasteiger partial charge on any atom is -0.0175 e. The van der Waals surface area contributed by atoms with E-state index >= 15 is 0 Å². The molecule has 0 heteroatoms. The Kier molecular flexibility index (Phi) is 4.65. The third kappa shape index (κ3) is 2.80. The molecule has 0 N–H and O–H groups in total. The molecule has 0 bridgehead atoms. The SMILES string of the molecule is CCC=C1CC(C2CCCC3CCCCC32)CC2CCCC12. The lowest BCUT2D eigenvalue weighted by atomic mass is 9.58. The van der Waals surface area contributed by atoms with Crippen molar-refractivity contribution in [1.82, 2.24) is 0 Å². The molecule has 22 heavy (non-hydrogen) atoms. The van der Waals surface area contributed by atoms with Gasteiger partial charge >= 0.3 is 0 Å². The fourth-order valence-electron chi connectivity index (χ4n) is 7.13. The quantitative estimate of drug-likeness (QED) is 0.494. The summed E-state index contributed by atoms with van der Waals surface area (Å²) in [4.78, 5) is 0. The summed E-state index contributed by atoms with van der Waals surface area (Å²) in [6, 6.07) is 0. The summed E-state index contributed by atoms with van der Waals surface area (Å²) in [7, 11) is 0. The van der Waals surface area contributed by atoms with Crippen LogP contribution in [0.15, 0.2) is 11.6 Å². The van der Waals surface area contributed by atoms with E-state index in [1.165, 1.54) is 38.5 Å². The van der Waals surface area contributed by atoms with Crippen LogP contribution >= 0.6 is 0 Å². The zero-order valence-electron chi connectivity index (χ0n) is 14.7. The molecular formula is C22H36. The Hall–Kier alpha value is -0.260. The van der Waals surface area contributed by atoms with Crippen molar-refractivity contribution in [2.75, 3.05) is 0 Å². The van der Waals surface area contributed by atoms with Crippen molar-refractivity contribution in [2.24, 2.45) is 35.5 Å². The summed E-state index contributed by atoms with van der Waals surface area (Å²) in [5.41, 5.74) is 1.90. The molecule has 0 saturated heterocycles. The Labute approximate surface area is 138 Å². The summed E-state index contributed by atoms with van der Waals surface area (Å²) >= 11 is 0. The van der Waals surface area contributed by atoms with E-state index in [9.17, 15) is 0 Å². The molecule has 0 aromatic carbocycles. The number of hydrogen-bond donors (Lipinski definition) is 0. The molecule has 0 aromatic rings. The highest BCUT2D eigenvalue weighted by atomic mass is 14.5. The van der Waals surface area contributed by atoms with Gasteiger partial charge in [0, 0.05) is 0 Å². The molecule has 6 atom stereocenters. The smallest absolute Gasteiger partial charge is 0.0175 e. The highest BCUT2D eigenvalue weighted by molar-refractivity contribution is 5.15. The standard InChI is InChI=1S/C22H36/c1-2-7-17-14-19(15-18-10-6-12-20(17)18)22-13-5-9-16-8-3-4-11-21(16)22/h7,16,18-22H,2-6,8-15H2,1H3. The van der Waals surface area contributed by atoms with E-state index in [1.807, 2.05) is 5.57 Å². The van der Waals surface area contributed by atoms with E-state index in [1.54, 1.807) is 44.9 Å². The van der Waals surface area contributed by atoms with E-state index in [2.05, 4.69) is 13.0 Å². The average molecular weight is 301 g/mol. The van der Waals surface area contributed by atoms with Gasteiger partial charge in [-0.2, -0.15) is 0 Å². The molecule has 4 aliphatic rings. The van der Waals surface area contributed by atoms with E-state index in [-0.39, 0.29) is 0 Å². The maximum atomic E-state index is 2.64. The molecular weight excluding hydrogens is 264 g/mol. The molecule has 4 fully saturated rings. The minimum atomic E-state index is 1.00. The van der Waals surface area contributed by atoms with Crippen molar-refractivity contribution in [3.05, 3.63) is 11.6 Å². The van der Waals surface area contributed by atoms with Crippen LogP contribution < -0.4 is 0 Å². The summed E-state index contributed by atoms with van der Waals surface area (Å²) in [6.45, 7) is 2.35. The molecule has 0 spiro atoms. The van der Waals surface area contributed by atoms with Crippen molar-refractivity contribution < 1.29 is 0 Å². The van der Waals surface area contributed by atoms with Crippen LogP contribution in [0.25, 0.3) is 0 Å². The third-order valence-electron chi connectivity index (χ3n) is 7.94. The number of rotatable bonds is 2. The fraction of sp³-hybridized carbons (Fsp3) is 0.909. The van der Waals surface area contributed by atoms with Crippen molar-refractivity contribution in [1.29, 1.82) is 0 Å². The third-order valence-corrected chi connectivity index (χ3v) is 7.94. The molecule has 0 heterocycles. The molecule has 0 radical (unpaired) electrons. The zero-order valence-corrected chi connectivity index (χ0v) is 14.7. The molecule has 6 unspecified atom stereocenters. The van der Waals surface area contributed by atoms with Crippen molar-refractivity contribution in [3.63, 3.8) is 0 Å². The van der Waals surface area contributed by atoms with Crippen molar-refractivity contribution in [3.8, 4) is 0 Å². The Bertz CT molecular complexity index is 404. The molecule has 0 amide bonds. The van der Waals surface area contributed by atoms with Gasteiger partial charge in [0.15, 0.2) is 0 Å². The van der Waals surface area contributed by atoms with Gasteiger partial charge in [-0.05, 0) is 80.5 Å². The van der Waals surface area contributed by atoms with Gasteiger partial charge in [0.25, 0.3) is 0 Å². The first-order valence-corrected chi connectivity index (χ1v) is 10.6. The van der Waals surface area contributed by atoms with Crippen LogP contribution in [-0.4, -0.2) is 0 Å². The summed E-state index contributed by atoms with van der Waals surface area (Å²) in [5, 5.41) is 0. The summed E-state index contributed by atoms with van der Waals surface area (Å²) in [5.74, 6) is 6.46. The molecule has 4 saturated carbocycles. The molecule has 4 rings (SSSR count). The van der Waals surface area contributed by atoms with Gasteiger partial charge in [-0.25, -0.2) is 0 Å². The Morgan fingerprint density at radius 2 is 1.45 bits per heavy atom. The van der Waals surface area contributed by atoms with Crippen LogP contribution in [0.4, 0.5) is 0 Å². The first-order valence-electron chi connectivity index (χ1n) is 10.6. The van der Waals surface area contributed by atoms with E-state index in [0.29, 0.717) is 0 Å². The van der Waals surface area contributed by atoms with E-state index in [4.69, 9.17) is 0 Å². The Balaban J connectivity index is 1.52. The lowest BCUT2D eigenvalue weighted by Crippen LogP contribution is -2.38. The van der Waals surface area contributed by atoms with Crippen LogP contribution in [0.2, 0.25) is 0 Å². The average Bonchev–Trinajstić information content (AvgIpc) is 3.03. The highest BCUT2D eigenvalue weighted by Crippen LogP contribution is 2.54. The van der Waals surface area contributed by atoms with Gasteiger partial charge < -0.3 is 0 Å². The minimum Gasteiger partial charge on any atom is -0.0853 e. The van der Waals surface area contributed by atoms with Gasteiger partial charge in [0.05, 0.1) is 0 Å². The van der Waals surface area contributed by atoms with Crippen molar-refractivity contribution in [2.45, 2.75) is 90.4 Å². The second-order valence-electron chi connectivity index (χ2n) is 8.99. The zero-order chi connectivity index (χ0) is 14.9. The maximum absolute atomic E-state index is 2.64. The molecule has 0 aromatic heterocycles. The normalized spacial score (nSPS) is 47.2. The van der Waals surface area contributed by atoms with Gasteiger partial charge in [-0.1, -0.05) is 57.1 Å². The van der Waals surface area contributed by atoms with E-state index in [0.717, 1.165) is 35.5 Å². The molecule has 124 valence electrons. The summed E-state index contributed by atoms with van der Waals surface area (Å²) in [6.07, 6.45) is 22.5. The fourth-order valence-corrected chi connectivity index (χ4v) is 7.13. The largest absolute Gasteiger partial charge is 0.0853 e. The topological polar surface area (TPSA) is 0 Å². The predicted molar refractivity (Wildman–Crippen MR) is 94.7 cm³/mol. The van der Waals surface area contributed by atoms with Crippen LogP contribution in [0.1, 0.15) is 90.4 Å². The monoisotopic (exact) mass is 300 g/mol. The molecule has 4 aliphatic carbocycles. The second kappa shape index (κ2) is 6.70. The number of allylic oxidation sites excluding steroid dienone is 2. The highest BCUT2D eigenvalue weighted by Gasteiger charge is 2.44. The van der Waals surface area contributed by atoms with Gasteiger partial charge in [-0.15, -0.1) is 0 Å². The Morgan fingerprint density at radius 1 is 0.773 bits per heavy atom. The van der Waals surface area contributed by atoms with Crippen molar-refractivity contribution >= 4 is 0 Å². The first kappa shape index (κ1) is 15.3. The lowest BCUT2D eigenvalue weighted by Gasteiger charge is -2.48. The minimum absolute atomic E-state index is 1.00. The van der Waals surface area contributed by atoms with Crippen LogP contribution in [0.3, 0.4) is 0 Å². The first-order chi connectivity index (χ1) is 10.9. The lowest BCUT2D eigenvalue weighted by molar-refractivity contribution is 0.0440. The van der Waals surface area contributed by atoms with E-state index < -0.39 is 0 Å². The molecule has 0 aliphatic heterocycles.